The molecule has 1 aliphatic rings. The van der Waals surface area contributed by atoms with Crippen LogP contribution in [0.4, 0.5) is 10.1 Å². The Morgan fingerprint density at radius 3 is 2.79 bits per heavy atom. The maximum atomic E-state index is 13.0. The molecule has 150 valence electrons. The molecule has 2 amide bonds. The molecule has 29 heavy (non-hydrogen) atoms. The minimum Gasteiger partial charge on any atom is -0.408 e. The predicted octanol–water partition coefficient (Wildman–Crippen LogP) is 2.68. The summed E-state index contributed by atoms with van der Waals surface area (Å²) in [6.45, 7) is 0.947. The zero-order valence-electron chi connectivity index (χ0n) is 15.6. The van der Waals surface area contributed by atoms with Crippen molar-refractivity contribution in [1.29, 1.82) is 0 Å². The first-order chi connectivity index (χ1) is 14.0. The Balaban J connectivity index is 1.38. The van der Waals surface area contributed by atoms with Crippen molar-refractivity contribution in [3.8, 4) is 0 Å². The van der Waals surface area contributed by atoms with Gasteiger partial charge in [0.25, 0.3) is 0 Å². The molecule has 0 unspecified atom stereocenters. The molecule has 0 spiro atoms. The maximum Gasteiger partial charge on any atom is 0.417 e. The number of piperidine rings is 1. The third-order valence-electron chi connectivity index (χ3n) is 5.10. The van der Waals surface area contributed by atoms with Crippen molar-refractivity contribution in [3.05, 3.63) is 64.4 Å². The summed E-state index contributed by atoms with van der Waals surface area (Å²) in [7, 11) is 0. The first-order valence-electron chi connectivity index (χ1n) is 9.44. The van der Waals surface area contributed by atoms with Crippen LogP contribution in [0, 0.1) is 11.7 Å². The number of aromatic amines is 1. The van der Waals surface area contributed by atoms with E-state index in [2.05, 4.69) is 10.3 Å². The van der Waals surface area contributed by atoms with Crippen LogP contribution in [0.15, 0.2) is 51.7 Å². The number of hydrogen-bond acceptors (Lipinski definition) is 4. The lowest BCUT2D eigenvalue weighted by Crippen LogP contribution is -2.44. The van der Waals surface area contributed by atoms with Gasteiger partial charge >= 0.3 is 5.76 Å². The quantitative estimate of drug-likeness (QED) is 0.708. The maximum absolute atomic E-state index is 13.0. The van der Waals surface area contributed by atoms with Crippen LogP contribution >= 0.6 is 0 Å². The van der Waals surface area contributed by atoms with E-state index in [9.17, 15) is 18.8 Å². The van der Waals surface area contributed by atoms with Crippen LogP contribution in [0.5, 0.6) is 0 Å². The zero-order chi connectivity index (χ0) is 20.4. The lowest BCUT2D eigenvalue weighted by molar-refractivity contribution is -0.133. The van der Waals surface area contributed by atoms with Crippen LogP contribution in [0.25, 0.3) is 11.1 Å². The van der Waals surface area contributed by atoms with Gasteiger partial charge in [0.05, 0.1) is 17.9 Å². The van der Waals surface area contributed by atoms with Crippen molar-refractivity contribution in [3.63, 3.8) is 0 Å². The van der Waals surface area contributed by atoms with Gasteiger partial charge in [0, 0.05) is 18.8 Å². The number of halogens is 1. The van der Waals surface area contributed by atoms with E-state index >= 15 is 0 Å². The smallest absolute Gasteiger partial charge is 0.408 e. The molecule has 0 bridgehead atoms. The Labute approximate surface area is 165 Å². The average Bonchev–Trinajstić information content (AvgIpc) is 3.09. The third-order valence-corrected chi connectivity index (χ3v) is 5.10. The molecule has 7 nitrogen and oxygen atoms in total. The summed E-state index contributed by atoms with van der Waals surface area (Å²) in [5.41, 5.74) is 2.22. The van der Waals surface area contributed by atoms with Gasteiger partial charge < -0.3 is 14.6 Å². The summed E-state index contributed by atoms with van der Waals surface area (Å²) in [4.78, 5) is 40.8. The van der Waals surface area contributed by atoms with Crippen molar-refractivity contribution in [1.82, 2.24) is 9.88 Å². The molecule has 2 aromatic carbocycles. The standard InChI is InChI=1S/C21H20FN3O4/c22-15-5-3-13(4-6-15)10-19(26)25-9-1-2-14(12-25)20(27)23-16-7-8-18-17(11-16)24-21(28)29-18/h3-8,11,14H,1-2,9-10,12H2,(H,23,27)(H,24,28)/t14-/m1/s1. The molecule has 1 saturated heterocycles. The van der Waals surface area contributed by atoms with Gasteiger partial charge in [-0.1, -0.05) is 12.1 Å². The first kappa shape index (κ1) is 18.9. The lowest BCUT2D eigenvalue weighted by Gasteiger charge is -2.32. The Kier molecular flexibility index (Phi) is 5.16. The molecule has 2 heterocycles. The van der Waals surface area contributed by atoms with Gasteiger partial charge in [-0.05, 0) is 48.7 Å². The van der Waals surface area contributed by atoms with Crippen LogP contribution in [-0.4, -0.2) is 34.8 Å². The average molecular weight is 397 g/mol. The van der Waals surface area contributed by atoms with Gasteiger partial charge in [-0.25, -0.2) is 9.18 Å². The highest BCUT2D eigenvalue weighted by Gasteiger charge is 2.28. The number of H-pyrrole nitrogens is 1. The highest BCUT2D eigenvalue weighted by molar-refractivity contribution is 5.94. The molecule has 1 aliphatic heterocycles. The highest BCUT2D eigenvalue weighted by Crippen LogP contribution is 2.21. The molecule has 0 saturated carbocycles. The van der Waals surface area contributed by atoms with Crippen molar-refractivity contribution >= 4 is 28.6 Å². The summed E-state index contributed by atoms with van der Waals surface area (Å²) in [6, 6.07) is 10.8. The Morgan fingerprint density at radius 2 is 2.00 bits per heavy atom. The van der Waals surface area contributed by atoms with E-state index in [0.29, 0.717) is 36.3 Å². The number of hydrogen-bond donors (Lipinski definition) is 2. The molecule has 4 rings (SSSR count). The number of carbonyl (C=O) groups excluding carboxylic acids is 2. The number of aromatic nitrogens is 1. The topological polar surface area (TPSA) is 95.4 Å². The Morgan fingerprint density at radius 1 is 1.21 bits per heavy atom. The normalized spacial score (nSPS) is 16.7. The number of amides is 2. The summed E-state index contributed by atoms with van der Waals surface area (Å²) in [5.74, 6) is -1.46. The summed E-state index contributed by atoms with van der Waals surface area (Å²) >= 11 is 0. The Bertz CT molecular complexity index is 1100. The van der Waals surface area contributed by atoms with Gasteiger partial charge in [-0.15, -0.1) is 0 Å². The number of likely N-dealkylation sites (tertiary alicyclic amines) is 1. The number of nitrogens with zero attached hydrogens (tertiary/aromatic N) is 1. The molecular weight excluding hydrogens is 377 g/mol. The molecule has 1 atom stereocenters. The molecule has 0 radical (unpaired) electrons. The van der Waals surface area contributed by atoms with Gasteiger partial charge in [0.15, 0.2) is 5.58 Å². The monoisotopic (exact) mass is 397 g/mol. The molecule has 1 aromatic heterocycles. The minimum absolute atomic E-state index is 0.0773. The fraction of sp³-hybridized carbons (Fsp3) is 0.286. The van der Waals surface area contributed by atoms with Crippen LogP contribution in [0.1, 0.15) is 18.4 Å². The van der Waals surface area contributed by atoms with E-state index < -0.39 is 5.76 Å². The molecule has 1 fully saturated rings. The fourth-order valence-electron chi connectivity index (χ4n) is 3.58. The third kappa shape index (κ3) is 4.37. The van der Waals surface area contributed by atoms with Crippen molar-refractivity contribution in [2.75, 3.05) is 18.4 Å². The number of nitrogens with one attached hydrogen (secondary N) is 2. The molecule has 8 heteroatoms. The van der Waals surface area contributed by atoms with Gasteiger partial charge in [-0.3, -0.25) is 14.6 Å². The van der Waals surface area contributed by atoms with Crippen LogP contribution in [0.2, 0.25) is 0 Å². The number of benzene rings is 2. The highest BCUT2D eigenvalue weighted by atomic mass is 19.1. The number of anilines is 1. The summed E-state index contributed by atoms with van der Waals surface area (Å²) < 4.78 is 18.0. The van der Waals surface area contributed by atoms with Crippen molar-refractivity contribution in [2.45, 2.75) is 19.3 Å². The second-order valence-corrected chi connectivity index (χ2v) is 7.20. The van der Waals surface area contributed by atoms with Crippen LogP contribution < -0.4 is 11.1 Å². The zero-order valence-corrected chi connectivity index (χ0v) is 15.6. The van der Waals surface area contributed by atoms with E-state index in [1.807, 2.05) is 0 Å². The SMILES string of the molecule is O=C(Nc1ccc2oc(=O)[nH]c2c1)[C@@H]1CCCN(C(=O)Cc2ccc(F)cc2)C1. The van der Waals surface area contributed by atoms with Crippen LogP contribution in [0.3, 0.4) is 0 Å². The van der Waals surface area contributed by atoms with E-state index in [1.165, 1.54) is 12.1 Å². The number of oxazole rings is 1. The van der Waals surface area contributed by atoms with Crippen LogP contribution in [-0.2, 0) is 16.0 Å². The number of rotatable bonds is 4. The Hall–Kier alpha value is -3.42. The van der Waals surface area contributed by atoms with E-state index in [4.69, 9.17) is 4.42 Å². The van der Waals surface area contributed by atoms with E-state index in [0.717, 1.165) is 12.0 Å². The summed E-state index contributed by atoms with van der Waals surface area (Å²) in [6.07, 6.45) is 1.61. The fourth-order valence-corrected chi connectivity index (χ4v) is 3.58. The first-order valence-corrected chi connectivity index (χ1v) is 9.44. The molecule has 2 N–H and O–H groups in total. The van der Waals surface area contributed by atoms with E-state index in [-0.39, 0.29) is 30.0 Å². The largest absolute Gasteiger partial charge is 0.417 e. The predicted molar refractivity (Wildman–Crippen MR) is 105 cm³/mol. The molecular formula is C21H20FN3O4. The number of fused-ring (bicyclic) bond motifs is 1. The molecule has 0 aliphatic carbocycles. The summed E-state index contributed by atoms with van der Waals surface area (Å²) in [5, 5.41) is 2.85. The van der Waals surface area contributed by atoms with Gasteiger partial charge in [0.1, 0.15) is 5.82 Å². The molecule has 3 aromatic rings. The second-order valence-electron chi connectivity index (χ2n) is 7.20. The van der Waals surface area contributed by atoms with Gasteiger partial charge in [-0.2, -0.15) is 0 Å². The lowest BCUT2D eigenvalue weighted by atomic mass is 9.96. The minimum atomic E-state index is -0.550. The van der Waals surface area contributed by atoms with Crippen molar-refractivity contribution in [2.24, 2.45) is 5.92 Å². The van der Waals surface area contributed by atoms with Gasteiger partial charge in [0.2, 0.25) is 11.8 Å². The van der Waals surface area contributed by atoms with Crippen molar-refractivity contribution < 1.29 is 18.4 Å². The second kappa shape index (κ2) is 7.90. The van der Waals surface area contributed by atoms with E-state index in [1.54, 1.807) is 35.2 Å². The number of carbonyl (C=O) groups is 2.